The Bertz CT molecular complexity index is 1010. The topological polar surface area (TPSA) is 74.0 Å². The molecule has 0 saturated carbocycles. The summed E-state index contributed by atoms with van der Waals surface area (Å²) in [7, 11) is 0. The number of nitrogens with one attached hydrogen (secondary N) is 3. The highest BCUT2D eigenvalue weighted by Crippen LogP contribution is 2.34. The summed E-state index contributed by atoms with van der Waals surface area (Å²) in [5.41, 5.74) is 6.65. The Morgan fingerprint density at radius 2 is 1.62 bits per heavy atom. The van der Waals surface area contributed by atoms with E-state index in [1.807, 2.05) is 36.4 Å². The highest BCUT2D eigenvalue weighted by molar-refractivity contribution is 5.89. The van der Waals surface area contributed by atoms with Gasteiger partial charge in [-0.1, -0.05) is 60.7 Å². The van der Waals surface area contributed by atoms with Crippen LogP contribution in [0.3, 0.4) is 0 Å². The van der Waals surface area contributed by atoms with Gasteiger partial charge < -0.3 is 15.6 Å². The molecular formula is C24H25N3O2. The second-order valence-electron chi connectivity index (χ2n) is 7.41. The maximum atomic E-state index is 12.5. The molecule has 4 rings (SSSR count). The van der Waals surface area contributed by atoms with Crippen LogP contribution < -0.4 is 10.6 Å². The third kappa shape index (κ3) is 4.09. The molecule has 0 radical (unpaired) electrons. The van der Waals surface area contributed by atoms with E-state index in [-0.39, 0.29) is 11.8 Å². The summed E-state index contributed by atoms with van der Waals surface area (Å²) >= 11 is 0. The number of hydrogen-bond acceptors (Lipinski definition) is 2. The highest BCUT2D eigenvalue weighted by Gasteiger charge is 2.25. The monoisotopic (exact) mass is 387 g/mol. The van der Waals surface area contributed by atoms with Gasteiger partial charge in [0.05, 0.1) is 0 Å². The SMILES string of the molecule is Cc1c(-c2ccccc2)[nH]c(-c2ccccc2)c1CCC(=O)NC1CCNC1=O. The van der Waals surface area contributed by atoms with Gasteiger partial charge in [0.1, 0.15) is 6.04 Å². The number of aromatic amines is 1. The molecule has 3 aromatic rings. The average molecular weight is 387 g/mol. The Morgan fingerprint density at radius 3 is 2.21 bits per heavy atom. The third-order valence-electron chi connectivity index (χ3n) is 5.49. The number of hydrogen-bond donors (Lipinski definition) is 3. The Hall–Kier alpha value is -3.34. The first-order chi connectivity index (χ1) is 14.1. The maximum Gasteiger partial charge on any atom is 0.242 e. The molecule has 1 atom stereocenters. The largest absolute Gasteiger partial charge is 0.354 e. The predicted octanol–water partition coefficient (Wildman–Crippen LogP) is 3.59. The summed E-state index contributed by atoms with van der Waals surface area (Å²) < 4.78 is 0. The average Bonchev–Trinajstić information content (AvgIpc) is 3.30. The first kappa shape index (κ1) is 19.0. The van der Waals surface area contributed by atoms with E-state index in [1.54, 1.807) is 0 Å². The van der Waals surface area contributed by atoms with Crippen LogP contribution in [0.2, 0.25) is 0 Å². The molecule has 148 valence electrons. The summed E-state index contributed by atoms with van der Waals surface area (Å²) in [6.45, 7) is 2.72. The summed E-state index contributed by atoms with van der Waals surface area (Å²) in [6, 6.07) is 20.0. The van der Waals surface area contributed by atoms with Crippen LogP contribution in [0.15, 0.2) is 60.7 Å². The second kappa shape index (κ2) is 8.35. The minimum absolute atomic E-state index is 0.0899. The molecule has 2 amide bonds. The van der Waals surface area contributed by atoms with Gasteiger partial charge in [0.25, 0.3) is 0 Å². The Balaban J connectivity index is 1.60. The normalized spacial score (nSPS) is 15.9. The molecule has 2 heterocycles. The van der Waals surface area contributed by atoms with E-state index in [1.165, 1.54) is 0 Å². The summed E-state index contributed by atoms with van der Waals surface area (Å²) in [5.74, 6) is -0.180. The number of H-pyrrole nitrogens is 1. The second-order valence-corrected chi connectivity index (χ2v) is 7.41. The number of carbonyl (C=O) groups excluding carboxylic acids is 2. The number of benzene rings is 2. The van der Waals surface area contributed by atoms with Crippen molar-refractivity contribution in [3.8, 4) is 22.5 Å². The quantitative estimate of drug-likeness (QED) is 0.605. The first-order valence-corrected chi connectivity index (χ1v) is 10.0. The van der Waals surface area contributed by atoms with E-state index in [9.17, 15) is 9.59 Å². The van der Waals surface area contributed by atoms with Gasteiger partial charge in [-0.2, -0.15) is 0 Å². The fraction of sp³-hybridized carbons (Fsp3) is 0.250. The van der Waals surface area contributed by atoms with Gasteiger partial charge in [0.2, 0.25) is 11.8 Å². The Kier molecular flexibility index (Phi) is 5.47. The van der Waals surface area contributed by atoms with Crippen LogP contribution >= 0.6 is 0 Å². The molecule has 0 bridgehead atoms. The van der Waals surface area contributed by atoms with Gasteiger partial charge in [-0.3, -0.25) is 9.59 Å². The Morgan fingerprint density at radius 1 is 1.00 bits per heavy atom. The third-order valence-corrected chi connectivity index (χ3v) is 5.49. The van der Waals surface area contributed by atoms with E-state index in [4.69, 9.17) is 0 Å². The smallest absolute Gasteiger partial charge is 0.242 e. The van der Waals surface area contributed by atoms with Crippen LogP contribution in [0.4, 0.5) is 0 Å². The van der Waals surface area contributed by atoms with E-state index in [0.717, 1.165) is 33.6 Å². The zero-order valence-electron chi connectivity index (χ0n) is 16.5. The van der Waals surface area contributed by atoms with Crippen molar-refractivity contribution in [2.24, 2.45) is 0 Å². The van der Waals surface area contributed by atoms with Crippen molar-refractivity contribution in [1.29, 1.82) is 0 Å². The standard InChI is InChI=1S/C24H25N3O2/c1-16-19(12-13-21(28)26-20-14-15-25-24(20)29)23(18-10-6-3-7-11-18)27-22(16)17-8-4-2-5-9-17/h2-11,20,27H,12-15H2,1H3,(H,25,29)(H,26,28). The van der Waals surface area contributed by atoms with Gasteiger partial charge in [-0.05, 0) is 42.0 Å². The lowest BCUT2D eigenvalue weighted by atomic mass is 9.98. The van der Waals surface area contributed by atoms with Gasteiger partial charge in [-0.25, -0.2) is 0 Å². The number of carbonyl (C=O) groups is 2. The van der Waals surface area contributed by atoms with E-state index in [0.29, 0.717) is 25.8 Å². The number of rotatable bonds is 6. The van der Waals surface area contributed by atoms with Gasteiger partial charge in [0, 0.05) is 24.4 Å². The van der Waals surface area contributed by atoms with Crippen LogP contribution in [-0.4, -0.2) is 29.4 Å². The highest BCUT2D eigenvalue weighted by atomic mass is 16.2. The molecule has 1 aliphatic rings. The van der Waals surface area contributed by atoms with E-state index < -0.39 is 6.04 Å². The molecule has 2 aromatic carbocycles. The number of amides is 2. The fourth-order valence-electron chi connectivity index (χ4n) is 3.93. The van der Waals surface area contributed by atoms with Crippen LogP contribution in [0, 0.1) is 6.92 Å². The van der Waals surface area contributed by atoms with Crippen LogP contribution in [0.1, 0.15) is 24.0 Å². The molecule has 3 N–H and O–H groups in total. The van der Waals surface area contributed by atoms with Crippen molar-refractivity contribution in [1.82, 2.24) is 15.6 Å². The van der Waals surface area contributed by atoms with Gasteiger partial charge >= 0.3 is 0 Å². The maximum absolute atomic E-state index is 12.5. The van der Waals surface area contributed by atoms with E-state index >= 15 is 0 Å². The summed E-state index contributed by atoms with van der Waals surface area (Å²) in [6.07, 6.45) is 1.61. The zero-order chi connectivity index (χ0) is 20.2. The molecule has 1 saturated heterocycles. The zero-order valence-corrected chi connectivity index (χ0v) is 16.5. The van der Waals surface area contributed by atoms with Gasteiger partial charge in [0.15, 0.2) is 0 Å². The van der Waals surface area contributed by atoms with Crippen molar-refractivity contribution < 1.29 is 9.59 Å². The van der Waals surface area contributed by atoms with Crippen LogP contribution in [0.5, 0.6) is 0 Å². The molecule has 0 aliphatic carbocycles. The summed E-state index contributed by atoms with van der Waals surface area (Å²) in [4.78, 5) is 27.7. The number of aromatic nitrogens is 1. The molecule has 1 fully saturated rings. The molecule has 1 aromatic heterocycles. The van der Waals surface area contributed by atoms with Crippen molar-refractivity contribution in [3.05, 3.63) is 71.8 Å². The molecule has 5 nitrogen and oxygen atoms in total. The molecule has 1 unspecified atom stereocenters. The lowest BCUT2D eigenvalue weighted by molar-refractivity contribution is -0.127. The molecule has 5 heteroatoms. The minimum atomic E-state index is -0.400. The molecule has 1 aliphatic heterocycles. The Labute approximate surface area is 170 Å². The van der Waals surface area contributed by atoms with Crippen molar-refractivity contribution in [2.75, 3.05) is 6.54 Å². The fourth-order valence-corrected chi connectivity index (χ4v) is 3.93. The van der Waals surface area contributed by atoms with Crippen molar-refractivity contribution in [2.45, 2.75) is 32.2 Å². The van der Waals surface area contributed by atoms with Crippen molar-refractivity contribution in [3.63, 3.8) is 0 Å². The molecule has 0 spiro atoms. The lowest BCUT2D eigenvalue weighted by Crippen LogP contribution is -2.40. The molecule has 29 heavy (non-hydrogen) atoms. The predicted molar refractivity (Wildman–Crippen MR) is 114 cm³/mol. The van der Waals surface area contributed by atoms with Crippen LogP contribution in [0.25, 0.3) is 22.5 Å². The van der Waals surface area contributed by atoms with Gasteiger partial charge in [-0.15, -0.1) is 0 Å². The van der Waals surface area contributed by atoms with Crippen molar-refractivity contribution >= 4 is 11.8 Å². The molecular weight excluding hydrogens is 362 g/mol. The minimum Gasteiger partial charge on any atom is -0.354 e. The first-order valence-electron chi connectivity index (χ1n) is 10.0. The lowest BCUT2D eigenvalue weighted by Gasteiger charge is -2.11. The van der Waals surface area contributed by atoms with E-state index in [2.05, 4.69) is 46.8 Å². The van der Waals surface area contributed by atoms with Crippen LogP contribution in [-0.2, 0) is 16.0 Å². The summed E-state index contributed by atoms with van der Waals surface area (Å²) in [5, 5.41) is 5.61.